The highest BCUT2D eigenvalue weighted by Crippen LogP contribution is 2.15. The smallest absolute Gasteiger partial charge is 0.337 e. The van der Waals surface area contributed by atoms with Gasteiger partial charge in [-0.2, -0.15) is 0 Å². The molecule has 0 saturated heterocycles. The highest BCUT2D eigenvalue weighted by molar-refractivity contribution is 7.80. The molecule has 0 aliphatic heterocycles. The zero-order chi connectivity index (χ0) is 21.9. The average Bonchev–Trinajstić information content (AvgIpc) is 2.76. The van der Waals surface area contributed by atoms with Crippen molar-refractivity contribution in [2.45, 2.75) is 6.42 Å². The first-order valence-electron chi connectivity index (χ1n) is 9.13. The van der Waals surface area contributed by atoms with Gasteiger partial charge in [0, 0.05) is 25.8 Å². The third kappa shape index (κ3) is 6.64. The second-order valence-electron chi connectivity index (χ2n) is 6.13. The predicted octanol–water partition coefficient (Wildman–Crippen LogP) is 2.37. The summed E-state index contributed by atoms with van der Waals surface area (Å²) in [6, 6.07) is 12.8. The van der Waals surface area contributed by atoms with E-state index in [1.807, 2.05) is 0 Å². The summed E-state index contributed by atoms with van der Waals surface area (Å²) in [5.74, 6) is -1.21. The summed E-state index contributed by atoms with van der Waals surface area (Å²) in [5.41, 5.74) is 1.51. The van der Waals surface area contributed by atoms with Crippen LogP contribution in [0.15, 0.2) is 48.5 Å². The summed E-state index contributed by atoms with van der Waals surface area (Å²) < 4.78 is 9.58. The second-order valence-corrected chi connectivity index (χ2v) is 6.53. The Labute approximate surface area is 179 Å². The number of hydrogen-bond donors (Lipinski definition) is 3. The molecule has 0 fully saturated rings. The Balaban J connectivity index is 1.98. The molecule has 3 N–H and O–H groups in total. The number of rotatable bonds is 8. The quantitative estimate of drug-likeness (QED) is 0.336. The second kappa shape index (κ2) is 11.6. The zero-order valence-electron chi connectivity index (χ0n) is 16.7. The molecule has 0 aromatic heterocycles. The molecule has 9 heteroatoms. The molecule has 0 aliphatic carbocycles. The first-order chi connectivity index (χ1) is 14.5. The van der Waals surface area contributed by atoms with Gasteiger partial charge < -0.3 is 20.1 Å². The Morgan fingerprint density at radius 2 is 1.60 bits per heavy atom. The minimum absolute atomic E-state index is 0.0386. The van der Waals surface area contributed by atoms with Crippen LogP contribution in [0.5, 0.6) is 0 Å². The molecule has 2 amide bonds. The van der Waals surface area contributed by atoms with Crippen LogP contribution in [0.4, 0.5) is 5.69 Å². The van der Waals surface area contributed by atoms with Crippen LogP contribution in [0, 0.1) is 0 Å². The molecule has 2 aromatic carbocycles. The van der Waals surface area contributed by atoms with Crippen LogP contribution >= 0.6 is 12.2 Å². The molecule has 2 rings (SSSR count). The number of thiocarbonyl (C=S) groups is 1. The van der Waals surface area contributed by atoms with Crippen molar-refractivity contribution in [3.8, 4) is 0 Å². The maximum Gasteiger partial charge on any atom is 0.337 e. The lowest BCUT2D eigenvalue weighted by Gasteiger charge is -2.13. The van der Waals surface area contributed by atoms with Crippen LogP contribution in [-0.4, -0.2) is 50.3 Å². The van der Waals surface area contributed by atoms with Crippen molar-refractivity contribution in [3.63, 3.8) is 0 Å². The van der Waals surface area contributed by atoms with Crippen LogP contribution < -0.4 is 16.0 Å². The lowest BCUT2D eigenvalue weighted by molar-refractivity contribution is 0.0600. The highest BCUT2D eigenvalue weighted by Gasteiger charge is 2.14. The highest BCUT2D eigenvalue weighted by atomic mass is 32.1. The van der Waals surface area contributed by atoms with E-state index in [4.69, 9.17) is 17.0 Å². The predicted molar refractivity (Wildman–Crippen MR) is 117 cm³/mol. The van der Waals surface area contributed by atoms with E-state index >= 15 is 0 Å². The number of ether oxygens (including phenoxy) is 2. The Hall–Kier alpha value is -3.30. The SMILES string of the molecule is COCCCNC(=O)c1ccccc1NC(=S)NC(=O)c1ccc(C(=O)OC)cc1. The number of carbonyl (C=O) groups is 3. The lowest BCUT2D eigenvalue weighted by Crippen LogP contribution is -2.35. The summed E-state index contributed by atoms with van der Waals surface area (Å²) in [6.07, 6.45) is 0.696. The molecular weight excluding hydrogens is 406 g/mol. The van der Waals surface area contributed by atoms with Crippen molar-refractivity contribution in [2.24, 2.45) is 0 Å². The number of para-hydroxylation sites is 1. The Bertz CT molecular complexity index is 915. The van der Waals surface area contributed by atoms with Gasteiger partial charge in [0.15, 0.2) is 5.11 Å². The maximum atomic E-state index is 12.4. The monoisotopic (exact) mass is 429 g/mol. The van der Waals surface area contributed by atoms with E-state index < -0.39 is 11.9 Å². The van der Waals surface area contributed by atoms with Crippen molar-refractivity contribution in [1.82, 2.24) is 10.6 Å². The zero-order valence-corrected chi connectivity index (χ0v) is 17.5. The molecule has 8 nitrogen and oxygen atoms in total. The van der Waals surface area contributed by atoms with Crippen molar-refractivity contribution in [2.75, 3.05) is 32.7 Å². The summed E-state index contributed by atoms with van der Waals surface area (Å²) in [6.45, 7) is 1.03. The summed E-state index contributed by atoms with van der Waals surface area (Å²) >= 11 is 5.20. The third-order valence-corrected chi connectivity index (χ3v) is 4.23. The van der Waals surface area contributed by atoms with Gasteiger partial charge in [0.2, 0.25) is 0 Å². The van der Waals surface area contributed by atoms with Gasteiger partial charge in [-0.15, -0.1) is 0 Å². The number of amides is 2. The van der Waals surface area contributed by atoms with E-state index in [0.29, 0.717) is 42.0 Å². The molecule has 0 spiro atoms. The Morgan fingerprint density at radius 3 is 2.27 bits per heavy atom. The third-order valence-electron chi connectivity index (χ3n) is 4.03. The standard InChI is InChI=1S/C21H23N3O5S/c1-28-13-5-12-22-19(26)16-6-3-4-7-17(16)23-21(30)24-18(25)14-8-10-15(11-9-14)20(27)29-2/h3-4,6-11H,5,12-13H2,1-2H3,(H,22,26)(H2,23,24,25,30). The molecule has 0 heterocycles. The van der Waals surface area contributed by atoms with Crippen LogP contribution in [0.25, 0.3) is 0 Å². The van der Waals surface area contributed by atoms with E-state index in [1.54, 1.807) is 31.4 Å². The number of anilines is 1. The normalized spacial score (nSPS) is 10.1. The molecule has 0 aliphatic rings. The molecule has 0 radical (unpaired) electrons. The first kappa shape index (κ1) is 23.0. The van der Waals surface area contributed by atoms with Crippen molar-refractivity contribution in [1.29, 1.82) is 0 Å². The average molecular weight is 429 g/mol. The summed E-state index contributed by atoms with van der Waals surface area (Å²) in [7, 11) is 2.88. The van der Waals surface area contributed by atoms with Gasteiger partial charge in [0.25, 0.3) is 11.8 Å². The molecule has 0 unspecified atom stereocenters. The van der Waals surface area contributed by atoms with Gasteiger partial charge in [0.05, 0.1) is 23.9 Å². The minimum atomic E-state index is -0.490. The number of benzene rings is 2. The summed E-state index contributed by atoms with van der Waals surface area (Å²) in [4.78, 5) is 36.2. The van der Waals surface area contributed by atoms with Crippen LogP contribution in [0.3, 0.4) is 0 Å². The number of esters is 1. The maximum absolute atomic E-state index is 12.4. The van der Waals surface area contributed by atoms with E-state index in [1.165, 1.54) is 31.4 Å². The van der Waals surface area contributed by atoms with E-state index in [2.05, 4.69) is 20.7 Å². The van der Waals surface area contributed by atoms with Crippen LogP contribution in [-0.2, 0) is 9.47 Å². The van der Waals surface area contributed by atoms with Gasteiger partial charge in [-0.1, -0.05) is 12.1 Å². The van der Waals surface area contributed by atoms with Gasteiger partial charge in [0.1, 0.15) is 0 Å². The lowest BCUT2D eigenvalue weighted by atomic mass is 10.1. The molecule has 30 heavy (non-hydrogen) atoms. The molecule has 2 aromatic rings. The number of methoxy groups -OCH3 is 2. The molecule has 0 atom stereocenters. The van der Waals surface area contributed by atoms with E-state index in [-0.39, 0.29) is 11.0 Å². The first-order valence-corrected chi connectivity index (χ1v) is 9.54. The number of carbonyl (C=O) groups excluding carboxylic acids is 3. The van der Waals surface area contributed by atoms with E-state index in [0.717, 1.165) is 0 Å². The fourth-order valence-corrected chi connectivity index (χ4v) is 2.71. The fraction of sp³-hybridized carbons (Fsp3) is 0.238. The molecular formula is C21H23N3O5S. The Morgan fingerprint density at radius 1 is 0.933 bits per heavy atom. The molecule has 0 bridgehead atoms. The van der Waals surface area contributed by atoms with Crippen molar-refractivity contribution in [3.05, 3.63) is 65.2 Å². The van der Waals surface area contributed by atoms with E-state index in [9.17, 15) is 14.4 Å². The van der Waals surface area contributed by atoms with Gasteiger partial charge in [-0.25, -0.2) is 4.79 Å². The largest absolute Gasteiger partial charge is 0.465 e. The van der Waals surface area contributed by atoms with Gasteiger partial charge in [-0.05, 0) is 55.0 Å². The topological polar surface area (TPSA) is 106 Å². The summed E-state index contributed by atoms with van der Waals surface area (Å²) in [5, 5.41) is 8.27. The van der Waals surface area contributed by atoms with Crippen LogP contribution in [0.2, 0.25) is 0 Å². The van der Waals surface area contributed by atoms with Gasteiger partial charge >= 0.3 is 5.97 Å². The fourth-order valence-electron chi connectivity index (χ4n) is 2.51. The Kier molecular flexibility index (Phi) is 8.92. The van der Waals surface area contributed by atoms with Crippen molar-refractivity contribution < 1.29 is 23.9 Å². The minimum Gasteiger partial charge on any atom is -0.465 e. The molecule has 158 valence electrons. The van der Waals surface area contributed by atoms with Crippen molar-refractivity contribution >= 4 is 40.8 Å². The molecule has 0 saturated carbocycles. The number of hydrogen-bond acceptors (Lipinski definition) is 6. The number of nitrogens with one attached hydrogen (secondary N) is 3. The van der Waals surface area contributed by atoms with Crippen LogP contribution in [0.1, 0.15) is 37.5 Å². The van der Waals surface area contributed by atoms with Gasteiger partial charge in [-0.3, -0.25) is 14.9 Å².